The van der Waals surface area contributed by atoms with Crippen molar-refractivity contribution in [3.05, 3.63) is 69.8 Å². The minimum Gasteiger partial charge on any atom is -0.545 e. The molecule has 2 aromatic carbocycles. The van der Waals surface area contributed by atoms with Crippen LogP contribution in [-0.4, -0.2) is 17.6 Å². The second-order valence-corrected chi connectivity index (χ2v) is 6.68. The van der Waals surface area contributed by atoms with E-state index in [0.717, 1.165) is 22.2 Å². The first-order valence-electron chi connectivity index (χ1n) is 8.30. The standard InChI is InChI=1S/C21H18BrNO3/c1-2-11-26-20-10-8-15(22)12-14(20)7-9-16-13-18(21(24)25)17-5-3-4-6-19(17)23-16/h3-10,12-13H,2,11H2,1H3,(H,24,25)/p-1/b9-7+. The van der Waals surface area contributed by atoms with E-state index in [4.69, 9.17) is 4.74 Å². The molecule has 0 bridgehead atoms. The molecule has 0 atom stereocenters. The van der Waals surface area contributed by atoms with Crippen LogP contribution in [0.5, 0.6) is 5.75 Å². The van der Waals surface area contributed by atoms with Crippen LogP contribution in [0, 0.1) is 0 Å². The third-order valence-corrected chi connectivity index (χ3v) is 4.32. The zero-order valence-corrected chi connectivity index (χ0v) is 15.8. The molecule has 0 saturated carbocycles. The fourth-order valence-electron chi connectivity index (χ4n) is 2.62. The van der Waals surface area contributed by atoms with Gasteiger partial charge in [-0.25, -0.2) is 4.98 Å². The second-order valence-electron chi connectivity index (χ2n) is 5.76. The molecule has 0 unspecified atom stereocenters. The number of benzene rings is 2. The van der Waals surface area contributed by atoms with Crippen molar-refractivity contribution in [2.75, 3.05) is 6.61 Å². The number of hydrogen-bond acceptors (Lipinski definition) is 4. The first kappa shape index (κ1) is 18.1. The highest BCUT2D eigenvalue weighted by Gasteiger charge is 2.06. The maximum Gasteiger partial charge on any atom is 0.126 e. The number of nitrogens with zero attached hydrogens (tertiary/aromatic N) is 1. The Kier molecular flexibility index (Phi) is 5.68. The summed E-state index contributed by atoms with van der Waals surface area (Å²) in [5.41, 5.74) is 2.18. The van der Waals surface area contributed by atoms with Crippen molar-refractivity contribution in [1.29, 1.82) is 0 Å². The normalized spacial score (nSPS) is 11.2. The minimum atomic E-state index is -1.22. The molecule has 1 heterocycles. The molecule has 0 spiro atoms. The van der Waals surface area contributed by atoms with E-state index in [-0.39, 0.29) is 5.56 Å². The summed E-state index contributed by atoms with van der Waals surface area (Å²) in [6.45, 7) is 2.68. The molecule has 0 radical (unpaired) electrons. The Hall–Kier alpha value is -2.66. The second kappa shape index (κ2) is 8.15. The van der Waals surface area contributed by atoms with Gasteiger partial charge < -0.3 is 14.6 Å². The summed E-state index contributed by atoms with van der Waals surface area (Å²) in [6.07, 6.45) is 4.56. The SMILES string of the molecule is CCCOc1ccc(Br)cc1/C=C/c1cc(C(=O)[O-])c2ccccc2n1. The van der Waals surface area contributed by atoms with Crippen molar-refractivity contribution in [3.63, 3.8) is 0 Å². The molecule has 0 aliphatic heterocycles. The van der Waals surface area contributed by atoms with Crippen LogP contribution in [0.3, 0.4) is 0 Å². The van der Waals surface area contributed by atoms with E-state index >= 15 is 0 Å². The zero-order chi connectivity index (χ0) is 18.5. The summed E-state index contributed by atoms with van der Waals surface area (Å²) in [4.78, 5) is 16.0. The van der Waals surface area contributed by atoms with E-state index in [1.54, 1.807) is 24.3 Å². The van der Waals surface area contributed by atoms with Crippen molar-refractivity contribution < 1.29 is 14.6 Å². The Labute approximate surface area is 160 Å². The number of hydrogen-bond donors (Lipinski definition) is 0. The predicted octanol–water partition coefficient (Wildman–Crippen LogP) is 4.32. The molecule has 5 heteroatoms. The number of aromatic carboxylic acids is 1. The number of halogens is 1. The van der Waals surface area contributed by atoms with Gasteiger partial charge >= 0.3 is 0 Å². The first-order valence-corrected chi connectivity index (χ1v) is 9.09. The Morgan fingerprint density at radius 1 is 1.19 bits per heavy atom. The third-order valence-electron chi connectivity index (χ3n) is 3.82. The molecule has 0 amide bonds. The van der Waals surface area contributed by atoms with Crippen LogP contribution in [-0.2, 0) is 0 Å². The van der Waals surface area contributed by atoms with Crippen LogP contribution >= 0.6 is 15.9 Å². The molecule has 4 nitrogen and oxygen atoms in total. The quantitative estimate of drug-likeness (QED) is 0.606. The topological polar surface area (TPSA) is 62.2 Å². The molecule has 0 aliphatic carbocycles. The summed E-state index contributed by atoms with van der Waals surface area (Å²) < 4.78 is 6.70. The summed E-state index contributed by atoms with van der Waals surface area (Å²) in [5.74, 6) is -0.445. The number of aromatic nitrogens is 1. The molecule has 132 valence electrons. The molecule has 0 aliphatic rings. The van der Waals surface area contributed by atoms with Gasteiger partial charge in [0.15, 0.2) is 0 Å². The Morgan fingerprint density at radius 3 is 2.77 bits per heavy atom. The van der Waals surface area contributed by atoms with Gasteiger partial charge in [-0.3, -0.25) is 0 Å². The van der Waals surface area contributed by atoms with E-state index in [1.165, 1.54) is 6.07 Å². The number of carbonyl (C=O) groups excluding carboxylic acids is 1. The number of fused-ring (bicyclic) bond motifs is 1. The summed E-state index contributed by atoms with van der Waals surface area (Å²) >= 11 is 3.46. The number of pyridine rings is 1. The van der Waals surface area contributed by atoms with Gasteiger partial charge in [0.1, 0.15) is 5.75 Å². The number of para-hydroxylation sites is 1. The Morgan fingerprint density at radius 2 is 2.00 bits per heavy atom. The fraction of sp³-hybridized carbons (Fsp3) is 0.143. The smallest absolute Gasteiger partial charge is 0.126 e. The van der Waals surface area contributed by atoms with Crippen molar-refractivity contribution in [2.24, 2.45) is 0 Å². The Bertz CT molecular complexity index is 982. The average Bonchev–Trinajstić information content (AvgIpc) is 2.64. The number of carboxylic acid groups (broad SMARTS) is 1. The van der Waals surface area contributed by atoms with Crippen molar-refractivity contribution in [1.82, 2.24) is 4.98 Å². The van der Waals surface area contributed by atoms with E-state index < -0.39 is 5.97 Å². The predicted molar refractivity (Wildman–Crippen MR) is 105 cm³/mol. The average molecular weight is 411 g/mol. The van der Waals surface area contributed by atoms with E-state index in [9.17, 15) is 9.90 Å². The lowest BCUT2D eigenvalue weighted by atomic mass is 10.1. The summed E-state index contributed by atoms with van der Waals surface area (Å²) in [6, 6.07) is 14.4. The van der Waals surface area contributed by atoms with Gasteiger partial charge in [-0.15, -0.1) is 0 Å². The minimum absolute atomic E-state index is 0.131. The lowest BCUT2D eigenvalue weighted by Crippen LogP contribution is -2.22. The van der Waals surface area contributed by atoms with Crippen molar-refractivity contribution in [3.8, 4) is 5.75 Å². The lowest BCUT2D eigenvalue weighted by molar-refractivity contribution is -0.254. The van der Waals surface area contributed by atoms with E-state index in [2.05, 4.69) is 27.8 Å². The van der Waals surface area contributed by atoms with Crippen LogP contribution in [0.4, 0.5) is 0 Å². The molecule has 0 fully saturated rings. The first-order chi connectivity index (χ1) is 12.6. The molecular weight excluding hydrogens is 394 g/mol. The molecule has 1 aromatic heterocycles. The molecule has 3 rings (SSSR count). The molecule has 3 aromatic rings. The van der Waals surface area contributed by atoms with Crippen LogP contribution in [0.25, 0.3) is 23.1 Å². The summed E-state index contributed by atoms with van der Waals surface area (Å²) in [5, 5.41) is 12.0. The van der Waals surface area contributed by atoms with Gasteiger partial charge in [0.2, 0.25) is 0 Å². The highest BCUT2D eigenvalue weighted by Crippen LogP contribution is 2.26. The fourth-order valence-corrected chi connectivity index (χ4v) is 3.00. The van der Waals surface area contributed by atoms with Crippen LogP contribution in [0.2, 0.25) is 0 Å². The van der Waals surface area contributed by atoms with Gasteiger partial charge in [-0.1, -0.05) is 41.1 Å². The van der Waals surface area contributed by atoms with Gasteiger partial charge in [-0.2, -0.15) is 0 Å². The highest BCUT2D eigenvalue weighted by atomic mass is 79.9. The van der Waals surface area contributed by atoms with Crippen LogP contribution in [0.1, 0.15) is 35.0 Å². The van der Waals surface area contributed by atoms with Crippen molar-refractivity contribution >= 4 is 45.0 Å². The molecule has 26 heavy (non-hydrogen) atoms. The van der Waals surface area contributed by atoms with Gasteiger partial charge in [0, 0.05) is 21.0 Å². The largest absolute Gasteiger partial charge is 0.545 e. The lowest BCUT2D eigenvalue weighted by Gasteiger charge is -2.10. The number of carbonyl (C=O) groups is 1. The van der Waals surface area contributed by atoms with Crippen molar-refractivity contribution in [2.45, 2.75) is 13.3 Å². The monoisotopic (exact) mass is 410 g/mol. The van der Waals surface area contributed by atoms with Crippen LogP contribution in [0.15, 0.2) is 53.0 Å². The van der Waals surface area contributed by atoms with E-state index in [1.807, 2.05) is 30.3 Å². The van der Waals surface area contributed by atoms with Gasteiger partial charge in [0.25, 0.3) is 0 Å². The van der Waals surface area contributed by atoms with E-state index in [0.29, 0.717) is 23.2 Å². The van der Waals surface area contributed by atoms with Crippen LogP contribution < -0.4 is 9.84 Å². The zero-order valence-electron chi connectivity index (χ0n) is 14.2. The molecular formula is C21H17BrNO3-. The Balaban J connectivity index is 2.01. The third kappa shape index (κ3) is 4.11. The molecule has 0 N–H and O–H groups in total. The maximum atomic E-state index is 11.5. The number of ether oxygens (including phenoxy) is 1. The number of carboxylic acids is 1. The maximum absolute atomic E-state index is 11.5. The highest BCUT2D eigenvalue weighted by molar-refractivity contribution is 9.10. The molecule has 0 saturated heterocycles. The summed E-state index contributed by atoms with van der Waals surface area (Å²) in [7, 11) is 0. The van der Waals surface area contributed by atoms with Gasteiger partial charge in [0.05, 0.1) is 23.8 Å². The van der Waals surface area contributed by atoms with Gasteiger partial charge in [-0.05, 0) is 48.9 Å². The number of rotatable bonds is 6.